The van der Waals surface area contributed by atoms with Crippen molar-refractivity contribution < 1.29 is 9.59 Å². The summed E-state index contributed by atoms with van der Waals surface area (Å²) in [5.74, 6) is -0.562. The molecule has 0 aliphatic rings. The van der Waals surface area contributed by atoms with E-state index in [1.54, 1.807) is 60.9 Å². The van der Waals surface area contributed by atoms with Gasteiger partial charge in [0.05, 0.1) is 5.69 Å². The first-order valence-electron chi connectivity index (χ1n) is 9.52. The van der Waals surface area contributed by atoms with E-state index in [0.29, 0.717) is 28.1 Å². The summed E-state index contributed by atoms with van der Waals surface area (Å²) in [5.41, 5.74) is 9.59. The summed E-state index contributed by atoms with van der Waals surface area (Å²) >= 11 is 0. The van der Waals surface area contributed by atoms with Crippen molar-refractivity contribution >= 4 is 34.2 Å². The van der Waals surface area contributed by atoms with Crippen LogP contribution in [0.3, 0.4) is 0 Å². The van der Waals surface area contributed by atoms with Crippen molar-refractivity contribution in [3.63, 3.8) is 0 Å². The molecular formula is C23H21N5O2. The predicted octanol–water partition coefficient (Wildman–Crippen LogP) is 4.09. The van der Waals surface area contributed by atoms with Crippen molar-refractivity contribution in [2.45, 2.75) is 13.0 Å². The zero-order valence-electron chi connectivity index (χ0n) is 16.3. The summed E-state index contributed by atoms with van der Waals surface area (Å²) in [7, 11) is 0. The van der Waals surface area contributed by atoms with Gasteiger partial charge in [-0.2, -0.15) is 0 Å². The van der Waals surface area contributed by atoms with Crippen LogP contribution in [0.4, 0.5) is 11.4 Å². The normalized spacial score (nSPS) is 11.8. The van der Waals surface area contributed by atoms with Crippen LogP contribution in [-0.2, 0) is 0 Å². The highest BCUT2D eigenvalue weighted by atomic mass is 16.2. The molecule has 2 amide bonds. The molecule has 2 heterocycles. The summed E-state index contributed by atoms with van der Waals surface area (Å²) in [4.78, 5) is 32.7. The molecule has 2 aromatic heterocycles. The SMILES string of the molecule is CC(N)c1ccc(C(=O)Nc2ccnc3[nH]ccc23)cc1NC(=O)c1ccccc1. The molecule has 1 unspecified atom stereocenters. The third kappa shape index (κ3) is 3.92. The molecule has 0 radical (unpaired) electrons. The highest BCUT2D eigenvalue weighted by Gasteiger charge is 2.16. The number of amides is 2. The minimum absolute atomic E-state index is 0.266. The van der Waals surface area contributed by atoms with E-state index in [1.807, 2.05) is 19.1 Å². The lowest BCUT2D eigenvalue weighted by molar-refractivity contribution is 0.101. The molecule has 4 rings (SSSR count). The van der Waals surface area contributed by atoms with E-state index in [4.69, 9.17) is 5.73 Å². The molecule has 4 aromatic rings. The van der Waals surface area contributed by atoms with Gasteiger partial charge in [0, 0.05) is 40.6 Å². The number of carbonyl (C=O) groups excluding carboxylic acids is 2. The molecule has 0 bridgehead atoms. The van der Waals surface area contributed by atoms with E-state index >= 15 is 0 Å². The molecule has 0 spiro atoms. The molecule has 7 heteroatoms. The Morgan fingerprint density at radius 1 is 0.933 bits per heavy atom. The van der Waals surface area contributed by atoms with E-state index in [2.05, 4.69) is 20.6 Å². The molecule has 1 atom stereocenters. The fourth-order valence-electron chi connectivity index (χ4n) is 3.25. The van der Waals surface area contributed by atoms with Crippen LogP contribution in [0.5, 0.6) is 0 Å². The van der Waals surface area contributed by atoms with Gasteiger partial charge in [0.1, 0.15) is 5.65 Å². The number of H-pyrrole nitrogens is 1. The lowest BCUT2D eigenvalue weighted by Crippen LogP contribution is -2.18. The zero-order chi connectivity index (χ0) is 21.1. The van der Waals surface area contributed by atoms with Gasteiger partial charge in [-0.1, -0.05) is 24.3 Å². The number of aromatic nitrogens is 2. The topological polar surface area (TPSA) is 113 Å². The Kier molecular flexibility index (Phi) is 5.28. The maximum Gasteiger partial charge on any atom is 0.255 e. The number of anilines is 2. The Morgan fingerprint density at radius 3 is 2.43 bits per heavy atom. The number of nitrogens with zero attached hydrogens (tertiary/aromatic N) is 1. The highest BCUT2D eigenvalue weighted by Crippen LogP contribution is 2.25. The minimum atomic E-state index is -0.312. The van der Waals surface area contributed by atoms with Gasteiger partial charge in [0.2, 0.25) is 0 Å². The smallest absolute Gasteiger partial charge is 0.255 e. The van der Waals surface area contributed by atoms with Crippen molar-refractivity contribution in [3.05, 3.63) is 89.7 Å². The number of aromatic amines is 1. The zero-order valence-corrected chi connectivity index (χ0v) is 16.3. The Labute approximate surface area is 173 Å². The number of pyridine rings is 1. The van der Waals surface area contributed by atoms with Gasteiger partial charge in [-0.25, -0.2) is 4.98 Å². The summed E-state index contributed by atoms with van der Waals surface area (Å²) in [6.45, 7) is 1.83. The lowest BCUT2D eigenvalue weighted by Gasteiger charge is -2.16. The average molecular weight is 399 g/mol. The van der Waals surface area contributed by atoms with Gasteiger partial charge >= 0.3 is 0 Å². The number of benzene rings is 2. The molecule has 150 valence electrons. The second-order valence-corrected chi connectivity index (χ2v) is 6.96. The second-order valence-electron chi connectivity index (χ2n) is 6.96. The Bertz CT molecular complexity index is 1210. The van der Waals surface area contributed by atoms with E-state index in [0.717, 1.165) is 10.9 Å². The Hall–Kier alpha value is -3.97. The van der Waals surface area contributed by atoms with Gasteiger partial charge in [0.15, 0.2) is 0 Å². The van der Waals surface area contributed by atoms with Crippen LogP contribution in [0.25, 0.3) is 11.0 Å². The molecule has 7 nitrogen and oxygen atoms in total. The fourth-order valence-corrected chi connectivity index (χ4v) is 3.25. The third-order valence-corrected chi connectivity index (χ3v) is 4.80. The first-order valence-corrected chi connectivity index (χ1v) is 9.52. The standard InChI is InChI=1S/C23H21N5O2/c1-14(24)17-8-7-16(13-20(17)28-22(29)15-5-3-2-4-6-15)23(30)27-19-10-12-26-21-18(19)9-11-25-21/h2-14H,24H2,1H3,(H,28,29)(H2,25,26,27,30). The minimum Gasteiger partial charge on any atom is -0.346 e. The maximum absolute atomic E-state index is 12.9. The van der Waals surface area contributed by atoms with Gasteiger partial charge in [-0.05, 0) is 48.9 Å². The molecule has 2 aromatic carbocycles. The molecule has 0 aliphatic carbocycles. The van der Waals surface area contributed by atoms with Crippen molar-refractivity contribution in [3.8, 4) is 0 Å². The molecule has 30 heavy (non-hydrogen) atoms. The first-order chi connectivity index (χ1) is 14.5. The summed E-state index contributed by atoms with van der Waals surface area (Å²) < 4.78 is 0. The number of fused-ring (bicyclic) bond motifs is 1. The van der Waals surface area contributed by atoms with E-state index in [1.165, 1.54) is 0 Å². The average Bonchev–Trinajstić information content (AvgIpc) is 3.24. The summed E-state index contributed by atoms with van der Waals surface area (Å²) in [6.07, 6.45) is 3.39. The molecule has 5 N–H and O–H groups in total. The van der Waals surface area contributed by atoms with Gasteiger partial charge < -0.3 is 21.4 Å². The third-order valence-electron chi connectivity index (χ3n) is 4.80. The number of rotatable bonds is 5. The summed E-state index contributed by atoms with van der Waals surface area (Å²) in [5, 5.41) is 6.60. The number of hydrogen-bond acceptors (Lipinski definition) is 4. The number of carbonyl (C=O) groups is 2. The highest BCUT2D eigenvalue weighted by molar-refractivity contribution is 6.10. The van der Waals surface area contributed by atoms with Crippen molar-refractivity contribution in [1.82, 2.24) is 9.97 Å². The van der Waals surface area contributed by atoms with Crippen molar-refractivity contribution in [1.29, 1.82) is 0 Å². The molecule has 0 saturated carbocycles. The lowest BCUT2D eigenvalue weighted by atomic mass is 10.0. The van der Waals surface area contributed by atoms with Crippen molar-refractivity contribution in [2.24, 2.45) is 5.73 Å². The van der Waals surface area contributed by atoms with Crippen LogP contribution in [0.2, 0.25) is 0 Å². The van der Waals surface area contributed by atoms with Gasteiger partial charge in [0.25, 0.3) is 11.8 Å². The van der Waals surface area contributed by atoms with Gasteiger partial charge in [-0.3, -0.25) is 9.59 Å². The van der Waals surface area contributed by atoms with E-state index in [-0.39, 0.29) is 17.9 Å². The molecule has 0 aliphatic heterocycles. The fraction of sp³-hybridized carbons (Fsp3) is 0.0870. The van der Waals surface area contributed by atoms with Crippen LogP contribution in [-0.4, -0.2) is 21.8 Å². The van der Waals surface area contributed by atoms with Gasteiger partial charge in [-0.15, -0.1) is 0 Å². The van der Waals surface area contributed by atoms with E-state index < -0.39 is 0 Å². The number of hydrogen-bond donors (Lipinski definition) is 4. The van der Waals surface area contributed by atoms with E-state index in [9.17, 15) is 9.59 Å². The van der Waals surface area contributed by atoms with Crippen molar-refractivity contribution in [2.75, 3.05) is 10.6 Å². The molecule has 0 fully saturated rings. The first kappa shape index (κ1) is 19.4. The van der Waals surface area contributed by atoms with Crippen LogP contribution in [0.1, 0.15) is 39.2 Å². The quantitative estimate of drug-likeness (QED) is 0.405. The molecule has 0 saturated heterocycles. The maximum atomic E-state index is 12.9. The monoisotopic (exact) mass is 399 g/mol. The van der Waals surface area contributed by atoms with Crippen LogP contribution in [0, 0.1) is 0 Å². The largest absolute Gasteiger partial charge is 0.346 e. The Balaban J connectivity index is 1.62. The molecular weight excluding hydrogens is 378 g/mol. The van der Waals surface area contributed by atoms with Crippen LogP contribution < -0.4 is 16.4 Å². The predicted molar refractivity (Wildman–Crippen MR) is 117 cm³/mol. The number of nitrogens with one attached hydrogen (secondary N) is 3. The summed E-state index contributed by atoms with van der Waals surface area (Å²) in [6, 6.07) is 17.3. The van der Waals surface area contributed by atoms with Crippen LogP contribution >= 0.6 is 0 Å². The second kappa shape index (κ2) is 8.18. The van der Waals surface area contributed by atoms with Crippen LogP contribution in [0.15, 0.2) is 73.1 Å². The Morgan fingerprint density at radius 2 is 1.67 bits per heavy atom. The number of nitrogens with two attached hydrogens (primary N) is 1.